The lowest BCUT2D eigenvalue weighted by Crippen LogP contribution is -2.45. The van der Waals surface area contributed by atoms with Crippen molar-refractivity contribution in [2.45, 2.75) is 24.6 Å². The summed E-state index contributed by atoms with van der Waals surface area (Å²) in [6.45, 7) is 3.54. The van der Waals surface area contributed by atoms with E-state index in [2.05, 4.69) is 15.9 Å². The smallest absolute Gasteiger partial charge is 0.334 e. The quantitative estimate of drug-likeness (QED) is 0.451. The lowest BCUT2D eigenvalue weighted by atomic mass is 9.99. The van der Waals surface area contributed by atoms with Crippen LogP contribution in [0.4, 0.5) is 4.39 Å². The van der Waals surface area contributed by atoms with Crippen LogP contribution in [-0.2, 0) is 25.5 Å². The van der Waals surface area contributed by atoms with Gasteiger partial charge in [0.15, 0.2) is 0 Å². The highest BCUT2D eigenvalue weighted by molar-refractivity contribution is 9.10. The first-order chi connectivity index (χ1) is 9.43. The molecule has 0 amide bonds. The van der Waals surface area contributed by atoms with Crippen molar-refractivity contribution in [3.8, 4) is 0 Å². The Morgan fingerprint density at radius 2 is 1.75 bits per heavy atom. The van der Waals surface area contributed by atoms with Crippen molar-refractivity contribution >= 4 is 27.9 Å². The van der Waals surface area contributed by atoms with E-state index in [1.165, 1.54) is 18.2 Å². The average Bonchev–Trinajstić information content (AvgIpc) is 2.39. The summed E-state index contributed by atoms with van der Waals surface area (Å²) in [5, 5.41) is 0. The minimum Gasteiger partial charge on any atom is -0.464 e. The summed E-state index contributed by atoms with van der Waals surface area (Å²) in [6, 6.07) is 5.68. The molecule has 0 fully saturated rings. The van der Waals surface area contributed by atoms with Crippen LogP contribution in [0.5, 0.6) is 0 Å². The zero-order valence-electron chi connectivity index (χ0n) is 11.3. The van der Waals surface area contributed by atoms with Gasteiger partial charge in [-0.15, -0.1) is 0 Å². The molecule has 0 atom stereocenters. The Labute approximate surface area is 125 Å². The Morgan fingerprint density at radius 3 is 2.20 bits per heavy atom. The van der Waals surface area contributed by atoms with E-state index < -0.39 is 22.1 Å². The average molecular weight is 347 g/mol. The van der Waals surface area contributed by atoms with Crippen molar-refractivity contribution in [2.24, 2.45) is 0 Å². The third kappa shape index (κ3) is 4.03. The molecule has 4 nitrogen and oxygen atoms in total. The molecule has 0 heterocycles. The number of rotatable bonds is 6. The van der Waals surface area contributed by atoms with Gasteiger partial charge in [-0.2, -0.15) is 0 Å². The monoisotopic (exact) mass is 346 g/mol. The van der Waals surface area contributed by atoms with E-state index in [0.717, 1.165) is 0 Å². The Bertz CT molecular complexity index is 472. The number of halogens is 2. The van der Waals surface area contributed by atoms with Crippen molar-refractivity contribution in [3.63, 3.8) is 0 Å². The van der Waals surface area contributed by atoms with Gasteiger partial charge in [-0.3, -0.25) is 0 Å². The molecular weight excluding hydrogens is 331 g/mol. The molecule has 0 aliphatic heterocycles. The minimum absolute atomic E-state index is 0.0531. The standard InChI is InChI=1S/C14H16BrFO4/c1-3-19-12(17)14(15,13(18)20-4-2)9-10-6-5-7-11(16)8-10/h5-8H,3-4,9H2,1-2H3. The van der Waals surface area contributed by atoms with Crippen molar-refractivity contribution in [1.29, 1.82) is 0 Å². The number of hydrogen-bond donors (Lipinski definition) is 0. The molecule has 110 valence electrons. The second-order valence-corrected chi connectivity index (χ2v) is 5.40. The van der Waals surface area contributed by atoms with Crippen LogP contribution in [0.15, 0.2) is 24.3 Å². The predicted octanol–water partition coefficient (Wildman–Crippen LogP) is 2.63. The van der Waals surface area contributed by atoms with Gasteiger partial charge in [0.05, 0.1) is 13.2 Å². The summed E-state index contributed by atoms with van der Waals surface area (Å²) in [4.78, 5) is 24.0. The van der Waals surface area contributed by atoms with Crippen LogP contribution in [0.25, 0.3) is 0 Å². The van der Waals surface area contributed by atoms with E-state index in [1.807, 2.05) is 0 Å². The van der Waals surface area contributed by atoms with E-state index in [1.54, 1.807) is 19.9 Å². The van der Waals surface area contributed by atoms with E-state index >= 15 is 0 Å². The number of carbonyl (C=O) groups is 2. The fraction of sp³-hybridized carbons (Fsp3) is 0.429. The molecule has 0 saturated carbocycles. The van der Waals surface area contributed by atoms with Crippen LogP contribution in [0, 0.1) is 5.82 Å². The topological polar surface area (TPSA) is 52.6 Å². The van der Waals surface area contributed by atoms with Gasteiger partial charge in [-0.25, -0.2) is 14.0 Å². The molecule has 0 bridgehead atoms. The zero-order chi connectivity index (χ0) is 15.2. The molecule has 0 unspecified atom stereocenters. The van der Waals surface area contributed by atoms with Crippen molar-refractivity contribution in [3.05, 3.63) is 35.6 Å². The second kappa shape index (κ2) is 7.38. The first-order valence-electron chi connectivity index (χ1n) is 6.21. The van der Waals surface area contributed by atoms with Gasteiger partial charge in [0, 0.05) is 6.42 Å². The van der Waals surface area contributed by atoms with Crippen LogP contribution in [0.1, 0.15) is 19.4 Å². The molecule has 0 saturated heterocycles. The van der Waals surface area contributed by atoms with Crippen LogP contribution in [-0.4, -0.2) is 29.5 Å². The Morgan fingerprint density at radius 1 is 1.20 bits per heavy atom. The van der Waals surface area contributed by atoms with Gasteiger partial charge >= 0.3 is 11.9 Å². The molecule has 0 aliphatic carbocycles. The Kier molecular flexibility index (Phi) is 6.13. The van der Waals surface area contributed by atoms with Gasteiger partial charge in [0.1, 0.15) is 5.82 Å². The minimum atomic E-state index is -1.66. The van der Waals surface area contributed by atoms with E-state index in [9.17, 15) is 14.0 Å². The van der Waals surface area contributed by atoms with Crippen molar-refractivity contribution < 1.29 is 23.5 Å². The lowest BCUT2D eigenvalue weighted by molar-refractivity contribution is -0.158. The number of hydrogen-bond acceptors (Lipinski definition) is 4. The predicted molar refractivity (Wildman–Crippen MR) is 75.0 cm³/mol. The molecule has 6 heteroatoms. The largest absolute Gasteiger partial charge is 0.464 e. The van der Waals surface area contributed by atoms with Gasteiger partial charge in [-0.1, -0.05) is 28.1 Å². The molecule has 0 N–H and O–H groups in total. The second-order valence-electron chi connectivity index (χ2n) is 4.05. The van der Waals surface area contributed by atoms with Gasteiger partial charge < -0.3 is 9.47 Å². The molecule has 1 aromatic carbocycles. The number of benzene rings is 1. The Balaban J connectivity index is 3.04. The van der Waals surface area contributed by atoms with E-state index in [4.69, 9.17) is 9.47 Å². The maximum Gasteiger partial charge on any atom is 0.334 e. The van der Waals surface area contributed by atoms with Crippen molar-refractivity contribution in [1.82, 2.24) is 0 Å². The molecule has 0 radical (unpaired) electrons. The number of alkyl halides is 1. The molecule has 0 spiro atoms. The maximum absolute atomic E-state index is 13.2. The third-order valence-electron chi connectivity index (χ3n) is 2.53. The van der Waals surface area contributed by atoms with Gasteiger partial charge in [0.25, 0.3) is 0 Å². The molecular formula is C14H16BrFO4. The van der Waals surface area contributed by atoms with Crippen LogP contribution < -0.4 is 0 Å². The van der Waals surface area contributed by atoms with Crippen LogP contribution in [0.3, 0.4) is 0 Å². The van der Waals surface area contributed by atoms with E-state index in [-0.39, 0.29) is 19.6 Å². The third-order valence-corrected chi connectivity index (χ3v) is 3.46. The summed E-state index contributed by atoms with van der Waals surface area (Å²) in [5.74, 6) is -1.93. The molecule has 0 aromatic heterocycles. The molecule has 1 rings (SSSR count). The molecule has 20 heavy (non-hydrogen) atoms. The van der Waals surface area contributed by atoms with E-state index in [0.29, 0.717) is 5.56 Å². The fourth-order valence-corrected chi connectivity index (χ4v) is 2.20. The summed E-state index contributed by atoms with van der Waals surface area (Å²) in [6.07, 6.45) is -0.0531. The maximum atomic E-state index is 13.2. The summed E-state index contributed by atoms with van der Waals surface area (Å²) < 4.78 is 21.3. The normalized spacial score (nSPS) is 11.0. The first kappa shape index (κ1) is 16.6. The Hall–Kier alpha value is -1.43. The fourth-order valence-electron chi connectivity index (χ4n) is 1.65. The van der Waals surface area contributed by atoms with Gasteiger partial charge in [0.2, 0.25) is 4.32 Å². The highest BCUT2D eigenvalue weighted by Crippen LogP contribution is 2.27. The summed E-state index contributed by atoms with van der Waals surface area (Å²) >= 11 is 3.11. The zero-order valence-corrected chi connectivity index (χ0v) is 12.9. The van der Waals surface area contributed by atoms with Gasteiger partial charge in [-0.05, 0) is 31.5 Å². The first-order valence-corrected chi connectivity index (χ1v) is 7.01. The van der Waals surface area contributed by atoms with Crippen LogP contribution >= 0.6 is 15.9 Å². The highest BCUT2D eigenvalue weighted by atomic mass is 79.9. The number of carbonyl (C=O) groups excluding carboxylic acids is 2. The SMILES string of the molecule is CCOC(=O)C(Br)(Cc1cccc(F)c1)C(=O)OCC. The van der Waals surface area contributed by atoms with Crippen LogP contribution in [0.2, 0.25) is 0 Å². The summed E-state index contributed by atoms with van der Waals surface area (Å²) in [5.41, 5.74) is 0.489. The molecule has 0 aliphatic rings. The lowest BCUT2D eigenvalue weighted by Gasteiger charge is -2.23. The number of esters is 2. The molecule has 1 aromatic rings. The highest BCUT2D eigenvalue weighted by Gasteiger charge is 2.46. The number of ether oxygens (including phenoxy) is 2. The summed E-state index contributed by atoms with van der Waals surface area (Å²) in [7, 11) is 0. The van der Waals surface area contributed by atoms with Crippen molar-refractivity contribution in [2.75, 3.05) is 13.2 Å².